The van der Waals surface area contributed by atoms with Gasteiger partial charge in [-0.05, 0) is 116 Å². The van der Waals surface area contributed by atoms with E-state index in [-0.39, 0.29) is 11.3 Å². The van der Waals surface area contributed by atoms with Crippen LogP contribution in [0.1, 0.15) is 78.0 Å². The molecular formula is C58H49NOSi. The lowest BCUT2D eigenvalue weighted by atomic mass is 9.79. The van der Waals surface area contributed by atoms with E-state index < -0.39 is 8.07 Å². The number of hydrogen-bond acceptors (Lipinski definition) is 2. The fraction of sp³-hybridized carbons (Fsp3) is 0.172. The first-order valence-corrected chi connectivity index (χ1v) is 24.7. The predicted octanol–water partition coefficient (Wildman–Crippen LogP) is 14.3. The van der Waals surface area contributed by atoms with Crippen LogP contribution < -0.4 is 20.0 Å². The Kier molecular flexibility index (Phi) is 8.41. The molecule has 3 heterocycles. The van der Waals surface area contributed by atoms with Gasteiger partial charge in [0.25, 0.3) is 0 Å². The van der Waals surface area contributed by atoms with Crippen LogP contribution in [0.15, 0.2) is 170 Å². The molecule has 0 N–H and O–H groups in total. The zero-order valence-corrected chi connectivity index (χ0v) is 36.0. The molecule has 12 rings (SSSR count). The average molecular weight is 804 g/mol. The van der Waals surface area contributed by atoms with Crippen molar-refractivity contribution in [3.63, 3.8) is 0 Å². The minimum Gasteiger partial charge on any atom is -0.457 e. The van der Waals surface area contributed by atoms with E-state index in [9.17, 15) is 0 Å². The Hall–Kier alpha value is -6.42. The van der Waals surface area contributed by atoms with Gasteiger partial charge in [0.1, 0.15) is 19.6 Å². The van der Waals surface area contributed by atoms with E-state index in [0.29, 0.717) is 0 Å². The molecule has 8 aromatic carbocycles. The monoisotopic (exact) mass is 803 g/mol. The quantitative estimate of drug-likeness (QED) is 0.130. The third-order valence-electron chi connectivity index (χ3n) is 14.7. The van der Waals surface area contributed by atoms with Gasteiger partial charge < -0.3 is 9.64 Å². The van der Waals surface area contributed by atoms with Gasteiger partial charge in [-0.25, -0.2) is 0 Å². The summed E-state index contributed by atoms with van der Waals surface area (Å²) in [5, 5.41) is 5.78. The summed E-state index contributed by atoms with van der Waals surface area (Å²) in [4.78, 5) is 2.57. The molecule has 3 heteroatoms. The first kappa shape index (κ1) is 36.4. The maximum absolute atomic E-state index is 6.58. The minimum absolute atomic E-state index is 0.135. The fourth-order valence-electron chi connectivity index (χ4n) is 11.7. The van der Waals surface area contributed by atoms with Crippen LogP contribution in [0, 0.1) is 0 Å². The number of para-hydroxylation sites is 4. The van der Waals surface area contributed by atoms with E-state index in [1.807, 2.05) is 0 Å². The van der Waals surface area contributed by atoms with Crippen molar-refractivity contribution in [3.05, 3.63) is 209 Å². The number of benzene rings is 8. The summed E-state index contributed by atoms with van der Waals surface area (Å²) < 4.78 is 6.58. The third kappa shape index (κ3) is 5.67. The zero-order chi connectivity index (χ0) is 40.7. The number of hydrogen-bond donors (Lipinski definition) is 0. The van der Waals surface area contributed by atoms with Crippen molar-refractivity contribution >= 4 is 58.4 Å². The molecular weight excluding hydrogens is 755 g/mol. The van der Waals surface area contributed by atoms with Crippen LogP contribution in [-0.2, 0) is 11.8 Å². The number of anilines is 3. The van der Waals surface area contributed by atoms with Crippen molar-refractivity contribution in [3.8, 4) is 22.6 Å². The number of fused-ring (bicyclic) bond motifs is 10. The van der Waals surface area contributed by atoms with Crippen molar-refractivity contribution < 1.29 is 4.74 Å². The highest BCUT2D eigenvalue weighted by Crippen LogP contribution is 2.51. The summed E-state index contributed by atoms with van der Waals surface area (Å²) >= 11 is 0. The second-order valence-corrected chi connectivity index (χ2v) is 22.5. The summed E-state index contributed by atoms with van der Waals surface area (Å²) in [6, 6.07) is 66.6. The Labute approximate surface area is 360 Å². The Balaban J connectivity index is 0.879. The van der Waals surface area contributed by atoms with Gasteiger partial charge in [0, 0.05) is 33.7 Å². The van der Waals surface area contributed by atoms with Gasteiger partial charge in [0.2, 0.25) is 0 Å². The van der Waals surface area contributed by atoms with E-state index in [1.165, 1.54) is 103 Å². The third-order valence-corrected chi connectivity index (χ3v) is 20.0. The lowest BCUT2D eigenvalue weighted by Gasteiger charge is -2.43. The number of rotatable bonds is 4. The summed E-state index contributed by atoms with van der Waals surface area (Å²) in [5.41, 5.74) is 15.7. The van der Waals surface area contributed by atoms with Crippen LogP contribution in [0.4, 0.5) is 17.1 Å². The van der Waals surface area contributed by atoms with Gasteiger partial charge in [-0.15, -0.1) is 0 Å². The standard InChI is InChI=1S/C58H49NOSi/c1-58(2)49-37-39(26-31-45(49)46-33-29-42(38-50(46)58)44-32-28-41-15-3-9-21-54(41)60-55-22-10-6-18-48(44)55)25-27-40-30-34-51(47-17-5-4-16-43(40)47)59-52-19-7-11-23-56(52)61(35-13-14-36-61)57-24-12-8-20-53(57)59/h3-12,15-27,29-31,33-34,37-38,44H,13-14,28,32,35-36H2,1-2H3. The van der Waals surface area contributed by atoms with Gasteiger partial charge in [0.05, 0.1) is 5.69 Å². The lowest BCUT2D eigenvalue weighted by molar-refractivity contribution is 0.454. The topological polar surface area (TPSA) is 12.5 Å². The fourth-order valence-corrected chi connectivity index (χ4v) is 17.2. The van der Waals surface area contributed by atoms with Gasteiger partial charge in [-0.2, -0.15) is 0 Å². The maximum Gasteiger partial charge on any atom is 0.131 e. The van der Waals surface area contributed by atoms with Gasteiger partial charge >= 0.3 is 0 Å². The summed E-state index contributed by atoms with van der Waals surface area (Å²) in [5.74, 6) is 2.18. The van der Waals surface area contributed by atoms with Crippen LogP contribution in [0.2, 0.25) is 12.1 Å². The first-order valence-electron chi connectivity index (χ1n) is 22.3. The Morgan fingerprint density at radius 1 is 0.574 bits per heavy atom. The zero-order valence-electron chi connectivity index (χ0n) is 35.0. The molecule has 1 saturated heterocycles. The van der Waals surface area contributed by atoms with Crippen LogP contribution in [0.25, 0.3) is 34.1 Å². The molecule has 296 valence electrons. The predicted molar refractivity (Wildman–Crippen MR) is 259 cm³/mol. The molecule has 1 aliphatic carbocycles. The second kappa shape index (κ2) is 14.1. The molecule has 1 spiro atoms. The summed E-state index contributed by atoms with van der Waals surface area (Å²) in [6.45, 7) is 4.81. The van der Waals surface area contributed by atoms with E-state index in [2.05, 4.69) is 201 Å². The normalized spacial score (nSPS) is 17.7. The molecule has 1 atom stereocenters. The molecule has 8 aromatic rings. The average Bonchev–Trinajstić information content (AvgIpc) is 3.87. The number of nitrogens with zero attached hydrogens (tertiary/aromatic N) is 1. The number of ether oxygens (including phenoxy) is 1. The Morgan fingerprint density at radius 2 is 1.21 bits per heavy atom. The molecule has 0 aromatic heterocycles. The Morgan fingerprint density at radius 3 is 2.00 bits per heavy atom. The van der Waals surface area contributed by atoms with Crippen LogP contribution in [-0.4, -0.2) is 8.07 Å². The molecule has 0 amide bonds. The van der Waals surface area contributed by atoms with Crippen molar-refractivity contribution in [2.75, 3.05) is 4.90 Å². The van der Waals surface area contributed by atoms with E-state index in [0.717, 1.165) is 24.3 Å². The van der Waals surface area contributed by atoms with Gasteiger partial charge in [-0.3, -0.25) is 0 Å². The molecule has 3 aliphatic heterocycles. The molecule has 0 saturated carbocycles. The lowest BCUT2D eigenvalue weighted by Crippen LogP contribution is -2.60. The van der Waals surface area contributed by atoms with E-state index in [4.69, 9.17) is 4.74 Å². The molecule has 2 nitrogen and oxygen atoms in total. The van der Waals surface area contributed by atoms with Crippen molar-refractivity contribution in [2.45, 2.75) is 63.0 Å². The van der Waals surface area contributed by atoms with Crippen molar-refractivity contribution in [1.29, 1.82) is 0 Å². The highest BCUT2D eigenvalue weighted by molar-refractivity contribution is 7.05. The molecule has 1 unspecified atom stereocenters. The Bertz CT molecular complexity index is 3030. The maximum atomic E-state index is 6.58. The van der Waals surface area contributed by atoms with Gasteiger partial charge in [-0.1, -0.05) is 178 Å². The largest absolute Gasteiger partial charge is 0.457 e. The SMILES string of the molecule is CC1(C)c2cc(C=Cc3ccc(N4c5ccccc5[Si]5(CCCC5)c5ccccc54)c4ccccc34)ccc2-c2ccc(C3CCc4ccccc4Oc4ccccc43)cc21. The van der Waals surface area contributed by atoms with Crippen LogP contribution in [0.5, 0.6) is 11.5 Å². The highest BCUT2D eigenvalue weighted by atomic mass is 28.3. The van der Waals surface area contributed by atoms with Crippen LogP contribution in [0.3, 0.4) is 0 Å². The van der Waals surface area contributed by atoms with Crippen molar-refractivity contribution in [1.82, 2.24) is 0 Å². The van der Waals surface area contributed by atoms with Crippen LogP contribution >= 0.6 is 0 Å². The van der Waals surface area contributed by atoms with E-state index in [1.54, 1.807) is 10.4 Å². The van der Waals surface area contributed by atoms with Crippen molar-refractivity contribution in [2.24, 2.45) is 0 Å². The molecule has 4 aliphatic rings. The molecule has 61 heavy (non-hydrogen) atoms. The molecule has 0 radical (unpaired) electrons. The first-order chi connectivity index (χ1) is 30.0. The smallest absolute Gasteiger partial charge is 0.131 e. The highest BCUT2D eigenvalue weighted by Gasteiger charge is 2.47. The summed E-state index contributed by atoms with van der Waals surface area (Å²) in [6.07, 6.45) is 9.34. The summed E-state index contributed by atoms with van der Waals surface area (Å²) in [7, 11) is -1.80. The number of aryl methyl sites for hydroxylation is 1. The molecule has 1 fully saturated rings. The van der Waals surface area contributed by atoms with E-state index >= 15 is 0 Å². The van der Waals surface area contributed by atoms with Gasteiger partial charge in [0.15, 0.2) is 0 Å². The second-order valence-electron chi connectivity index (χ2n) is 18.3. The minimum atomic E-state index is -1.80. The molecule has 0 bridgehead atoms.